The zero-order valence-electron chi connectivity index (χ0n) is 7.90. The third-order valence-corrected chi connectivity index (χ3v) is 2.76. The molecule has 4 heteroatoms. The number of rotatable bonds is 2. The van der Waals surface area contributed by atoms with Crippen LogP contribution in [-0.4, -0.2) is 28.1 Å². The summed E-state index contributed by atoms with van der Waals surface area (Å²) in [7, 11) is 3.51. The van der Waals surface area contributed by atoms with E-state index in [0.717, 1.165) is 5.69 Å². The molecule has 0 aromatic carbocycles. The van der Waals surface area contributed by atoms with Gasteiger partial charge in [0.2, 0.25) is 0 Å². The van der Waals surface area contributed by atoms with Crippen LogP contribution in [0.2, 0.25) is 0 Å². The number of aromatic nitrogens is 2. The Hall–Kier alpha value is -0.870. The number of hydrogen-bond acceptors (Lipinski definition) is 3. The van der Waals surface area contributed by atoms with Crippen LogP contribution in [0, 0.1) is 0 Å². The van der Waals surface area contributed by atoms with Crippen molar-refractivity contribution in [3.05, 3.63) is 18.0 Å². The highest BCUT2D eigenvalue weighted by Crippen LogP contribution is 2.42. The van der Waals surface area contributed by atoms with Crippen molar-refractivity contribution >= 4 is 0 Å². The predicted molar refractivity (Wildman–Crippen MR) is 47.1 cm³/mol. The van der Waals surface area contributed by atoms with Gasteiger partial charge in [0.25, 0.3) is 0 Å². The van der Waals surface area contributed by atoms with Gasteiger partial charge in [0.05, 0.1) is 11.8 Å². The molecule has 0 spiro atoms. The zero-order chi connectivity index (χ0) is 9.47. The molecule has 0 radical (unpaired) electrons. The summed E-state index contributed by atoms with van der Waals surface area (Å²) >= 11 is 0. The molecule has 1 heterocycles. The van der Waals surface area contributed by atoms with Crippen LogP contribution >= 0.6 is 0 Å². The van der Waals surface area contributed by atoms with Crippen molar-refractivity contribution in [3.63, 3.8) is 0 Å². The Morgan fingerprint density at radius 2 is 2.38 bits per heavy atom. The molecule has 1 fully saturated rings. The van der Waals surface area contributed by atoms with Gasteiger partial charge in [-0.15, -0.1) is 0 Å². The quantitative estimate of drug-likeness (QED) is 0.721. The SMILES string of the molecule is COC1CC(O)(c2ccnn2C)C1. The Balaban J connectivity index is 2.15. The Bertz CT molecular complexity index is 302. The molecule has 0 amide bonds. The highest BCUT2D eigenvalue weighted by Gasteiger charge is 2.45. The minimum atomic E-state index is -0.716. The van der Waals surface area contributed by atoms with E-state index in [1.54, 1.807) is 18.0 Å². The van der Waals surface area contributed by atoms with Gasteiger partial charge in [-0.2, -0.15) is 5.10 Å². The summed E-state index contributed by atoms with van der Waals surface area (Å²) < 4.78 is 6.84. The van der Waals surface area contributed by atoms with E-state index in [1.165, 1.54) is 0 Å². The number of hydrogen-bond donors (Lipinski definition) is 1. The summed E-state index contributed by atoms with van der Waals surface area (Å²) in [6.45, 7) is 0. The molecule has 1 aromatic heterocycles. The second-order valence-corrected chi connectivity index (χ2v) is 3.64. The van der Waals surface area contributed by atoms with Gasteiger partial charge in [0.1, 0.15) is 5.60 Å². The lowest BCUT2D eigenvalue weighted by Gasteiger charge is -2.42. The van der Waals surface area contributed by atoms with Crippen molar-refractivity contribution in [1.82, 2.24) is 9.78 Å². The molecule has 2 rings (SSSR count). The Labute approximate surface area is 77.1 Å². The van der Waals surface area contributed by atoms with Crippen molar-refractivity contribution in [1.29, 1.82) is 0 Å². The second kappa shape index (κ2) is 2.82. The molecule has 72 valence electrons. The lowest BCUT2D eigenvalue weighted by Crippen LogP contribution is -2.46. The van der Waals surface area contributed by atoms with E-state index in [-0.39, 0.29) is 6.10 Å². The summed E-state index contributed by atoms with van der Waals surface area (Å²) in [6, 6.07) is 1.85. The molecule has 1 aliphatic rings. The summed E-state index contributed by atoms with van der Waals surface area (Å²) in [5, 5.41) is 14.1. The van der Waals surface area contributed by atoms with Gasteiger partial charge in [-0.3, -0.25) is 4.68 Å². The van der Waals surface area contributed by atoms with E-state index < -0.39 is 5.60 Å². The topological polar surface area (TPSA) is 47.3 Å². The molecule has 1 N–H and O–H groups in total. The number of ether oxygens (including phenoxy) is 1. The highest BCUT2D eigenvalue weighted by molar-refractivity contribution is 5.17. The Morgan fingerprint density at radius 1 is 1.69 bits per heavy atom. The molecule has 4 nitrogen and oxygen atoms in total. The average Bonchev–Trinajstić information content (AvgIpc) is 2.46. The van der Waals surface area contributed by atoms with Crippen LogP contribution < -0.4 is 0 Å². The van der Waals surface area contributed by atoms with E-state index >= 15 is 0 Å². The lowest BCUT2D eigenvalue weighted by molar-refractivity contribution is -0.137. The van der Waals surface area contributed by atoms with Crippen LogP contribution in [0.15, 0.2) is 12.3 Å². The van der Waals surface area contributed by atoms with E-state index in [4.69, 9.17) is 4.74 Å². The maximum absolute atomic E-state index is 10.1. The molecule has 0 unspecified atom stereocenters. The third-order valence-electron chi connectivity index (χ3n) is 2.76. The summed E-state index contributed by atoms with van der Waals surface area (Å²) in [5.74, 6) is 0. The van der Waals surface area contributed by atoms with Gasteiger partial charge in [0, 0.05) is 33.2 Å². The Morgan fingerprint density at radius 3 is 2.85 bits per heavy atom. The molecule has 1 saturated carbocycles. The first kappa shape index (κ1) is 8.72. The maximum atomic E-state index is 10.1. The van der Waals surface area contributed by atoms with Crippen molar-refractivity contribution in [2.75, 3.05) is 7.11 Å². The van der Waals surface area contributed by atoms with Gasteiger partial charge >= 0.3 is 0 Å². The highest BCUT2D eigenvalue weighted by atomic mass is 16.5. The van der Waals surface area contributed by atoms with Gasteiger partial charge < -0.3 is 9.84 Å². The monoisotopic (exact) mass is 182 g/mol. The summed E-state index contributed by atoms with van der Waals surface area (Å²) in [5.41, 5.74) is 0.159. The van der Waals surface area contributed by atoms with E-state index in [2.05, 4.69) is 5.10 Å². The molecule has 0 saturated heterocycles. The predicted octanol–water partition coefficient (Wildman–Crippen LogP) is 0.416. The van der Waals surface area contributed by atoms with Crippen molar-refractivity contribution in [2.24, 2.45) is 7.05 Å². The molecular weight excluding hydrogens is 168 g/mol. The first-order chi connectivity index (χ1) is 6.15. The molecule has 0 bridgehead atoms. The van der Waals surface area contributed by atoms with Gasteiger partial charge in [0.15, 0.2) is 0 Å². The zero-order valence-corrected chi connectivity index (χ0v) is 7.90. The van der Waals surface area contributed by atoms with Crippen LogP contribution in [0.4, 0.5) is 0 Å². The normalized spacial score (nSPS) is 33.0. The fraction of sp³-hybridized carbons (Fsp3) is 0.667. The number of aryl methyl sites for hydroxylation is 1. The minimum absolute atomic E-state index is 0.194. The third kappa shape index (κ3) is 1.26. The molecular formula is C9H14N2O2. The van der Waals surface area contributed by atoms with E-state index in [0.29, 0.717) is 12.8 Å². The molecule has 13 heavy (non-hydrogen) atoms. The van der Waals surface area contributed by atoms with Crippen LogP contribution in [0.1, 0.15) is 18.5 Å². The van der Waals surface area contributed by atoms with Crippen LogP contribution in [0.3, 0.4) is 0 Å². The van der Waals surface area contributed by atoms with Gasteiger partial charge in [-0.1, -0.05) is 0 Å². The molecule has 1 aliphatic carbocycles. The van der Waals surface area contributed by atoms with Crippen molar-refractivity contribution < 1.29 is 9.84 Å². The minimum Gasteiger partial charge on any atom is -0.383 e. The van der Waals surface area contributed by atoms with Gasteiger partial charge in [-0.25, -0.2) is 0 Å². The standard InChI is InChI=1S/C9H14N2O2/c1-11-8(3-4-10-11)9(12)5-7(6-9)13-2/h3-4,7,12H,5-6H2,1-2H3. The molecule has 1 aromatic rings. The van der Waals surface area contributed by atoms with Crippen molar-refractivity contribution in [3.8, 4) is 0 Å². The fourth-order valence-electron chi connectivity index (χ4n) is 1.90. The average molecular weight is 182 g/mol. The maximum Gasteiger partial charge on any atom is 0.111 e. The molecule has 0 aliphatic heterocycles. The second-order valence-electron chi connectivity index (χ2n) is 3.64. The summed E-state index contributed by atoms with van der Waals surface area (Å²) in [6.07, 6.45) is 3.24. The lowest BCUT2D eigenvalue weighted by atomic mass is 9.75. The largest absolute Gasteiger partial charge is 0.383 e. The van der Waals surface area contributed by atoms with Crippen molar-refractivity contribution in [2.45, 2.75) is 24.5 Å². The van der Waals surface area contributed by atoms with Crippen LogP contribution in [-0.2, 0) is 17.4 Å². The van der Waals surface area contributed by atoms with Crippen LogP contribution in [0.25, 0.3) is 0 Å². The number of aliphatic hydroxyl groups is 1. The fourth-order valence-corrected chi connectivity index (χ4v) is 1.90. The first-order valence-electron chi connectivity index (χ1n) is 4.39. The number of methoxy groups -OCH3 is 1. The first-order valence-corrected chi connectivity index (χ1v) is 4.39. The number of nitrogens with zero attached hydrogens (tertiary/aromatic N) is 2. The van der Waals surface area contributed by atoms with E-state index in [1.807, 2.05) is 13.1 Å². The van der Waals surface area contributed by atoms with E-state index in [9.17, 15) is 5.11 Å². The Kier molecular flexibility index (Phi) is 1.89. The summed E-state index contributed by atoms with van der Waals surface area (Å²) in [4.78, 5) is 0. The van der Waals surface area contributed by atoms with Crippen LogP contribution in [0.5, 0.6) is 0 Å². The molecule has 0 atom stereocenters. The smallest absolute Gasteiger partial charge is 0.111 e. The van der Waals surface area contributed by atoms with Gasteiger partial charge in [-0.05, 0) is 6.07 Å².